The van der Waals surface area contributed by atoms with Gasteiger partial charge in [0.25, 0.3) is 0 Å². The van der Waals surface area contributed by atoms with E-state index < -0.39 is 11.6 Å². The largest absolute Gasteiger partial charge is 0.456 e. The van der Waals surface area contributed by atoms with E-state index in [4.69, 9.17) is 4.74 Å². The second-order valence-electron chi connectivity index (χ2n) is 3.61. The fourth-order valence-electron chi connectivity index (χ4n) is 1.33. The van der Waals surface area contributed by atoms with Crippen molar-refractivity contribution in [2.75, 3.05) is 0 Å². The van der Waals surface area contributed by atoms with E-state index in [9.17, 15) is 13.6 Å². The lowest BCUT2D eigenvalue weighted by Crippen LogP contribution is -1.96. The molecular weight excluding hydrogens is 240 g/mol. The van der Waals surface area contributed by atoms with Gasteiger partial charge in [-0.1, -0.05) is 0 Å². The van der Waals surface area contributed by atoms with Crippen LogP contribution in [0.3, 0.4) is 0 Å². The van der Waals surface area contributed by atoms with Gasteiger partial charge < -0.3 is 4.74 Å². The number of benzene rings is 1. The van der Waals surface area contributed by atoms with Crippen LogP contribution in [-0.2, 0) is 0 Å². The molecule has 18 heavy (non-hydrogen) atoms. The van der Waals surface area contributed by atoms with E-state index >= 15 is 0 Å². The minimum absolute atomic E-state index is 0.158. The SMILES string of the molecule is CC(=O)c1ccc(Oc2ccc(F)c(F)c2)cn1. The predicted octanol–water partition coefficient (Wildman–Crippen LogP) is 3.35. The monoisotopic (exact) mass is 249 g/mol. The van der Waals surface area contributed by atoms with Gasteiger partial charge in [-0.3, -0.25) is 4.79 Å². The van der Waals surface area contributed by atoms with Crippen molar-refractivity contribution in [3.8, 4) is 11.5 Å². The lowest BCUT2D eigenvalue weighted by Gasteiger charge is -2.05. The molecule has 1 aromatic heterocycles. The molecule has 0 fully saturated rings. The molecule has 92 valence electrons. The fraction of sp³-hybridized carbons (Fsp3) is 0.0769. The Morgan fingerprint density at radius 2 is 1.83 bits per heavy atom. The maximum absolute atomic E-state index is 12.9. The molecule has 2 aromatic rings. The molecule has 0 amide bonds. The first kappa shape index (κ1) is 12.2. The molecular formula is C13H9F2NO2. The number of halogens is 2. The number of nitrogens with zero attached hydrogens (tertiary/aromatic N) is 1. The quantitative estimate of drug-likeness (QED) is 0.783. The van der Waals surface area contributed by atoms with E-state index in [1.54, 1.807) is 0 Å². The number of ether oxygens (including phenoxy) is 1. The summed E-state index contributed by atoms with van der Waals surface area (Å²) >= 11 is 0. The van der Waals surface area contributed by atoms with Crippen LogP contribution in [0.2, 0.25) is 0 Å². The van der Waals surface area contributed by atoms with Crippen LogP contribution in [0.4, 0.5) is 8.78 Å². The Kier molecular flexibility index (Phi) is 3.32. The van der Waals surface area contributed by atoms with Crippen molar-refractivity contribution in [3.05, 3.63) is 53.9 Å². The smallest absolute Gasteiger partial charge is 0.178 e. The molecule has 0 spiro atoms. The van der Waals surface area contributed by atoms with Gasteiger partial charge in [0.1, 0.15) is 17.2 Å². The van der Waals surface area contributed by atoms with E-state index in [1.807, 2.05) is 0 Å². The zero-order chi connectivity index (χ0) is 13.1. The summed E-state index contributed by atoms with van der Waals surface area (Å²) < 4.78 is 30.9. The highest BCUT2D eigenvalue weighted by molar-refractivity contribution is 5.92. The fourth-order valence-corrected chi connectivity index (χ4v) is 1.33. The van der Waals surface area contributed by atoms with Crippen LogP contribution in [0, 0.1) is 11.6 Å². The van der Waals surface area contributed by atoms with Crippen LogP contribution in [0.25, 0.3) is 0 Å². The summed E-state index contributed by atoms with van der Waals surface area (Å²) in [6, 6.07) is 6.25. The summed E-state index contributed by atoms with van der Waals surface area (Å²) in [5.74, 6) is -1.58. The lowest BCUT2D eigenvalue weighted by molar-refractivity contribution is 0.101. The molecule has 0 N–H and O–H groups in total. The topological polar surface area (TPSA) is 39.2 Å². The number of pyridine rings is 1. The zero-order valence-electron chi connectivity index (χ0n) is 9.48. The minimum Gasteiger partial charge on any atom is -0.456 e. The van der Waals surface area contributed by atoms with Gasteiger partial charge in [0.05, 0.1) is 6.20 Å². The summed E-state index contributed by atoms with van der Waals surface area (Å²) in [4.78, 5) is 14.9. The molecule has 0 unspecified atom stereocenters. The summed E-state index contributed by atoms with van der Waals surface area (Å²) in [5, 5.41) is 0. The van der Waals surface area contributed by atoms with Crippen LogP contribution in [0.5, 0.6) is 11.5 Å². The molecule has 0 atom stereocenters. The van der Waals surface area contributed by atoms with Crippen molar-refractivity contribution in [2.45, 2.75) is 6.92 Å². The van der Waals surface area contributed by atoms with Crippen LogP contribution in [-0.4, -0.2) is 10.8 Å². The summed E-state index contributed by atoms with van der Waals surface area (Å²) in [7, 11) is 0. The van der Waals surface area contributed by atoms with E-state index in [0.717, 1.165) is 12.1 Å². The van der Waals surface area contributed by atoms with Crippen molar-refractivity contribution in [3.63, 3.8) is 0 Å². The number of rotatable bonds is 3. The Morgan fingerprint density at radius 3 is 2.39 bits per heavy atom. The Hall–Kier alpha value is -2.30. The number of carbonyl (C=O) groups excluding carboxylic acids is 1. The van der Waals surface area contributed by atoms with Crippen LogP contribution >= 0.6 is 0 Å². The van der Waals surface area contributed by atoms with Gasteiger partial charge in [0.15, 0.2) is 17.4 Å². The molecule has 3 nitrogen and oxygen atoms in total. The summed E-state index contributed by atoms with van der Waals surface area (Å²) in [6.07, 6.45) is 1.35. The molecule has 5 heteroatoms. The van der Waals surface area contributed by atoms with Gasteiger partial charge in [-0.05, 0) is 24.3 Å². The molecule has 1 aromatic carbocycles. The Morgan fingerprint density at radius 1 is 1.11 bits per heavy atom. The van der Waals surface area contributed by atoms with Crippen molar-refractivity contribution in [1.29, 1.82) is 0 Å². The summed E-state index contributed by atoms with van der Waals surface area (Å²) in [6.45, 7) is 1.40. The minimum atomic E-state index is -0.985. The first-order valence-corrected chi connectivity index (χ1v) is 5.16. The van der Waals surface area contributed by atoms with E-state index in [0.29, 0.717) is 11.4 Å². The zero-order valence-corrected chi connectivity index (χ0v) is 9.48. The second-order valence-corrected chi connectivity index (χ2v) is 3.61. The lowest BCUT2D eigenvalue weighted by atomic mass is 10.3. The third-order valence-electron chi connectivity index (χ3n) is 2.22. The molecule has 0 bridgehead atoms. The molecule has 0 aliphatic heterocycles. The number of carbonyl (C=O) groups is 1. The number of hydrogen-bond acceptors (Lipinski definition) is 3. The second kappa shape index (κ2) is 4.91. The predicted molar refractivity (Wildman–Crippen MR) is 60.7 cm³/mol. The van der Waals surface area contributed by atoms with Crippen LogP contribution in [0.15, 0.2) is 36.5 Å². The first-order chi connectivity index (χ1) is 8.56. The van der Waals surface area contributed by atoms with Gasteiger partial charge in [0.2, 0.25) is 0 Å². The molecule has 0 saturated carbocycles. The molecule has 2 rings (SSSR count). The van der Waals surface area contributed by atoms with E-state index in [-0.39, 0.29) is 11.5 Å². The Bertz CT molecular complexity index is 582. The Balaban J connectivity index is 2.18. The highest BCUT2D eigenvalue weighted by Crippen LogP contribution is 2.22. The highest BCUT2D eigenvalue weighted by atomic mass is 19.2. The van der Waals surface area contributed by atoms with Gasteiger partial charge in [-0.2, -0.15) is 0 Å². The van der Waals surface area contributed by atoms with Crippen molar-refractivity contribution >= 4 is 5.78 Å². The molecule has 0 aliphatic rings. The first-order valence-electron chi connectivity index (χ1n) is 5.16. The van der Waals surface area contributed by atoms with Crippen molar-refractivity contribution < 1.29 is 18.3 Å². The highest BCUT2D eigenvalue weighted by Gasteiger charge is 2.05. The van der Waals surface area contributed by atoms with E-state index in [2.05, 4.69) is 4.98 Å². The number of ketones is 1. The van der Waals surface area contributed by atoms with E-state index in [1.165, 1.54) is 31.3 Å². The normalized spacial score (nSPS) is 10.2. The molecule has 0 saturated heterocycles. The number of aromatic nitrogens is 1. The van der Waals surface area contributed by atoms with Crippen molar-refractivity contribution in [1.82, 2.24) is 4.98 Å². The third kappa shape index (κ3) is 2.68. The van der Waals surface area contributed by atoms with Crippen LogP contribution in [0.1, 0.15) is 17.4 Å². The standard InChI is InChI=1S/C13H9F2NO2/c1-8(17)13-5-3-10(7-16-13)18-9-2-4-11(14)12(15)6-9/h2-7H,1H3. The average Bonchev–Trinajstić information content (AvgIpc) is 2.34. The maximum Gasteiger partial charge on any atom is 0.178 e. The van der Waals surface area contributed by atoms with Crippen LogP contribution < -0.4 is 4.74 Å². The maximum atomic E-state index is 12.9. The third-order valence-corrected chi connectivity index (χ3v) is 2.22. The van der Waals surface area contributed by atoms with Crippen molar-refractivity contribution in [2.24, 2.45) is 0 Å². The number of Topliss-reactive ketones (excluding diaryl/α,β-unsaturated/α-hetero) is 1. The van der Waals surface area contributed by atoms with Gasteiger partial charge in [-0.15, -0.1) is 0 Å². The number of hydrogen-bond donors (Lipinski definition) is 0. The Labute approximate surface area is 102 Å². The van der Waals surface area contributed by atoms with Gasteiger partial charge in [-0.25, -0.2) is 13.8 Å². The molecule has 0 radical (unpaired) electrons. The van der Waals surface area contributed by atoms with Gasteiger partial charge in [0, 0.05) is 13.0 Å². The molecule has 0 aliphatic carbocycles. The summed E-state index contributed by atoms with van der Waals surface area (Å²) in [5.41, 5.74) is 0.313. The van der Waals surface area contributed by atoms with Gasteiger partial charge >= 0.3 is 0 Å². The average molecular weight is 249 g/mol. The molecule has 1 heterocycles.